The maximum Gasteiger partial charge on any atom is 0.123 e. The van der Waals surface area contributed by atoms with Crippen LogP contribution in [0.3, 0.4) is 0 Å². The van der Waals surface area contributed by atoms with Gasteiger partial charge in [-0.05, 0) is 24.6 Å². The van der Waals surface area contributed by atoms with Crippen molar-refractivity contribution in [3.05, 3.63) is 28.8 Å². The minimum atomic E-state index is 0. The number of ether oxygens (including phenoxy) is 1. The molecule has 0 aromatic heterocycles. The van der Waals surface area contributed by atoms with Crippen LogP contribution in [0.15, 0.2) is 18.2 Å². The third-order valence-electron chi connectivity index (χ3n) is 2.71. The van der Waals surface area contributed by atoms with Gasteiger partial charge in [-0.3, -0.25) is 0 Å². The molecule has 0 spiro atoms. The second-order valence-electron chi connectivity index (χ2n) is 3.99. The van der Waals surface area contributed by atoms with E-state index in [1.54, 1.807) is 7.11 Å². The molecule has 0 saturated heterocycles. The van der Waals surface area contributed by atoms with Crippen LogP contribution in [0.1, 0.15) is 44.2 Å². The molecule has 98 valence electrons. The van der Waals surface area contributed by atoms with E-state index >= 15 is 0 Å². The highest BCUT2D eigenvalue weighted by Gasteiger charge is 2.11. The van der Waals surface area contributed by atoms with Crippen molar-refractivity contribution in [2.24, 2.45) is 5.73 Å². The van der Waals surface area contributed by atoms with E-state index in [-0.39, 0.29) is 18.4 Å². The zero-order valence-corrected chi connectivity index (χ0v) is 12.0. The van der Waals surface area contributed by atoms with Crippen LogP contribution in [0.25, 0.3) is 0 Å². The number of hydrogen-bond acceptors (Lipinski definition) is 2. The Hall–Kier alpha value is -0.440. The summed E-state index contributed by atoms with van der Waals surface area (Å²) in [7, 11) is 1.66. The van der Waals surface area contributed by atoms with Crippen LogP contribution in [0, 0.1) is 0 Å². The molecule has 2 nitrogen and oxygen atoms in total. The molecule has 0 bridgehead atoms. The van der Waals surface area contributed by atoms with Crippen molar-refractivity contribution in [2.45, 2.75) is 38.6 Å². The van der Waals surface area contributed by atoms with Gasteiger partial charge in [0.05, 0.1) is 7.11 Å². The van der Waals surface area contributed by atoms with Crippen molar-refractivity contribution in [1.29, 1.82) is 0 Å². The summed E-state index contributed by atoms with van der Waals surface area (Å²) in [5.41, 5.74) is 7.15. The maximum absolute atomic E-state index is 6.14. The van der Waals surface area contributed by atoms with Gasteiger partial charge in [-0.25, -0.2) is 0 Å². The van der Waals surface area contributed by atoms with Crippen molar-refractivity contribution < 1.29 is 4.74 Å². The lowest BCUT2D eigenvalue weighted by Crippen LogP contribution is -2.11. The summed E-state index contributed by atoms with van der Waals surface area (Å²) >= 11 is 5.97. The third-order valence-corrected chi connectivity index (χ3v) is 2.94. The fraction of sp³-hybridized carbons (Fsp3) is 0.538. The second kappa shape index (κ2) is 8.62. The number of methoxy groups -OCH3 is 1. The number of rotatable bonds is 6. The first-order valence-electron chi connectivity index (χ1n) is 5.78. The molecule has 1 atom stereocenters. The predicted octanol–water partition coefficient (Wildman–Crippen LogP) is 4.35. The first-order chi connectivity index (χ1) is 7.69. The van der Waals surface area contributed by atoms with Crippen molar-refractivity contribution in [3.63, 3.8) is 0 Å². The Morgan fingerprint density at radius 1 is 1.35 bits per heavy atom. The molecule has 0 unspecified atom stereocenters. The number of unbranched alkanes of at least 4 members (excludes halogenated alkanes) is 2. The van der Waals surface area contributed by atoms with Gasteiger partial charge >= 0.3 is 0 Å². The number of halogens is 2. The normalized spacial score (nSPS) is 11.8. The fourth-order valence-corrected chi connectivity index (χ4v) is 1.95. The van der Waals surface area contributed by atoms with E-state index in [1.807, 2.05) is 18.2 Å². The van der Waals surface area contributed by atoms with Crippen molar-refractivity contribution >= 4 is 24.0 Å². The highest BCUT2D eigenvalue weighted by atomic mass is 35.5. The third kappa shape index (κ3) is 5.15. The van der Waals surface area contributed by atoms with E-state index in [0.717, 1.165) is 24.2 Å². The number of hydrogen-bond donors (Lipinski definition) is 1. The van der Waals surface area contributed by atoms with Crippen molar-refractivity contribution in [2.75, 3.05) is 7.11 Å². The van der Waals surface area contributed by atoms with Gasteiger partial charge in [0, 0.05) is 16.6 Å². The quantitative estimate of drug-likeness (QED) is 0.785. The first kappa shape index (κ1) is 16.6. The summed E-state index contributed by atoms with van der Waals surface area (Å²) in [6.45, 7) is 2.19. The van der Waals surface area contributed by atoms with Crippen LogP contribution in [0.2, 0.25) is 5.02 Å². The topological polar surface area (TPSA) is 35.2 Å². The highest BCUT2D eigenvalue weighted by Crippen LogP contribution is 2.29. The molecule has 0 aliphatic heterocycles. The van der Waals surface area contributed by atoms with Gasteiger partial charge in [0.1, 0.15) is 5.75 Å². The molecule has 0 aliphatic rings. The maximum atomic E-state index is 6.14. The monoisotopic (exact) mass is 277 g/mol. The van der Waals surface area contributed by atoms with E-state index in [4.69, 9.17) is 22.1 Å². The lowest BCUT2D eigenvalue weighted by atomic mass is 10.0. The summed E-state index contributed by atoms with van der Waals surface area (Å²) in [5.74, 6) is 0.827. The van der Waals surface area contributed by atoms with E-state index in [9.17, 15) is 0 Å². The molecule has 0 saturated carbocycles. The minimum absolute atomic E-state index is 0. The Labute approximate surface area is 115 Å². The average Bonchev–Trinajstić information content (AvgIpc) is 2.29. The molecule has 4 heteroatoms. The zero-order valence-electron chi connectivity index (χ0n) is 10.4. The van der Waals surface area contributed by atoms with E-state index in [2.05, 4.69) is 6.92 Å². The highest BCUT2D eigenvalue weighted by molar-refractivity contribution is 6.30. The molecular weight excluding hydrogens is 257 g/mol. The van der Waals surface area contributed by atoms with E-state index < -0.39 is 0 Å². The van der Waals surface area contributed by atoms with E-state index in [0.29, 0.717) is 5.02 Å². The predicted molar refractivity (Wildman–Crippen MR) is 76.3 cm³/mol. The van der Waals surface area contributed by atoms with Crippen LogP contribution < -0.4 is 10.5 Å². The van der Waals surface area contributed by atoms with Crippen molar-refractivity contribution in [3.8, 4) is 5.75 Å². The summed E-state index contributed by atoms with van der Waals surface area (Å²) < 4.78 is 5.29. The van der Waals surface area contributed by atoms with Crippen LogP contribution >= 0.6 is 24.0 Å². The Bertz CT molecular complexity index is 331. The molecule has 2 N–H and O–H groups in total. The molecule has 0 amide bonds. The standard InChI is InChI=1S/C13H20ClNO.ClH/c1-3-4-5-6-12(15)11-9-10(14)7-8-13(11)16-2;/h7-9,12H,3-6,15H2,1-2H3;1H/t12-;/m0./s1. The molecule has 1 rings (SSSR count). The summed E-state index contributed by atoms with van der Waals surface area (Å²) in [6.07, 6.45) is 4.55. The molecule has 1 aromatic carbocycles. The van der Waals surface area contributed by atoms with Gasteiger partial charge < -0.3 is 10.5 Å². The lowest BCUT2D eigenvalue weighted by Gasteiger charge is -2.15. The SMILES string of the molecule is CCCCC[C@H](N)c1cc(Cl)ccc1OC.Cl. The molecule has 1 aromatic rings. The molecular formula is C13H21Cl2NO. The van der Waals surface area contributed by atoms with Crippen LogP contribution in [0.4, 0.5) is 0 Å². The molecule has 0 radical (unpaired) electrons. The number of nitrogens with two attached hydrogens (primary N) is 1. The molecule has 0 fully saturated rings. The largest absolute Gasteiger partial charge is 0.496 e. The van der Waals surface area contributed by atoms with Crippen LogP contribution in [-0.2, 0) is 0 Å². The molecule has 0 heterocycles. The number of benzene rings is 1. The van der Waals surface area contributed by atoms with Gasteiger partial charge in [0.25, 0.3) is 0 Å². The molecule has 0 aliphatic carbocycles. The lowest BCUT2D eigenvalue weighted by molar-refractivity contribution is 0.403. The second-order valence-corrected chi connectivity index (χ2v) is 4.42. The summed E-state index contributed by atoms with van der Waals surface area (Å²) in [4.78, 5) is 0. The smallest absolute Gasteiger partial charge is 0.123 e. The Kier molecular flexibility index (Phi) is 8.40. The Morgan fingerprint density at radius 3 is 2.65 bits per heavy atom. The summed E-state index contributed by atoms with van der Waals surface area (Å²) in [5, 5.41) is 0.710. The van der Waals surface area contributed by atoms with Gasteiger partial charge in [-0.2, -0.15) is 0 Å². The van der Waals surface area contributed by atoms with Gasteiger partial charge in [-0.15, -0.1) is 12.4 Å². The van der Waals surface area contributed by atoms with Gasteiger partial charge in [-0.1, -0.05) is 37.8 Å². The van der Waals surface area contributed by atoms with Crippen LogP contribution in [-0.4, -0.2) is 7.11 Å². The summed E-state index contributed by atoms with van der Waals surface area (Å²) in [6, 6.07) is 5.61. The average molecular weight is 278 g/mol. The van der Waals surface area contributed by atoms with Crippen LogP contribution in [0.5, 0.6) is 5.75 Å². The first-order valence-corrected chi connectivity index (χ1v) is 6.15. The van der Waals surface area contributed by atoms with Crippen molar-refractivity contribution in [1.82, 2.24) is 0 Å². The Balaban J connectivity index is 0.00000256. The van der Waals surface area contributed by atoms with Gasteiger partial charge in [0.2, 0.25) is 0 Å². The minimum Gasteiger partial charge on any atom is -0.496 e. The molecule has 17 heavy (non-hydrogen) atoms. The zero-order chi connectivity index (χ0) is 12.0. The Morgan fingerprint density at radius 2 is 2.06 bits per heavy atom. The van der Waals surface area contributed by atoms with Gasteiger partial charge in [0.15, 0.2) is 0 Å². The fourth-order valence-electron chi connectivity index (χ4n) is 1.76. The van der Waals surface area contributed by atoms with E-state index in [1.165, 1.54) is 12.8 Å².